The fraction of sp³-hybridized carbons (Fsp3) is 0.356. The number of aromatic nitrogens is 5. The Bertz CT molecular complexity index is 1990. The normalized spacial score (nSPS) is 21.0. The zero-order valence-corrected chi connectivity index (χ0v) is 31.9. The summed E-state index contributed by atoms with van der Waals surface area (Å²) < 4.78 is 28.9. The summed E-state index contributed by atoms with van der Waals surface area (Å²) >= 11 is 0. The molecule has 2 heterocycles. The zero-order valence-electron chi connectivity index (χ0n) is 31.9. The van der Waals surface area contributed by atoms with Crippen molar-refractivity contribution in [2.75, 3.05) is 0 Å². The van der Waals surface area contributed by atoms with Gasteiger partial charge in [0.1, 0.15) is 36.3 Å². The highest BCUT2D eigenvalue weighted by atomic mass is 16.6. The van der Waals surface area contributed by atoms with E-state index in [0.29, 0.717) is 32.9 Å². The third kappa shape index (κ3) is 10.8. The predicted octanol–water partition coefficient (Wildman–Crippen LogP) is 6.57. The van der Waals surface area contributed by atoms with Gasteiger partial charge in [0.05, 0.1) is 62.8 Å². The molecule has 6 aromatic rings. The van der Waals surface area contributed by atoms with Crippen LogP contribution in [0.2, 0.25) is 0 Å². The van der Waals surface area contributed by atoms with E-state index in [1.165, 1.54) is 0 Å². The van der Waals surface area contributed by atoms with E-state index in [-0.39, 0.29) is 6.61 Å². The molecule has 1 saturated carbocycles. The Morgan fingerprint density at radius 1 is 0.661 bits per heavy atom. The van der Waals surface area contributed by atoms with Crippen LogP contribution in [0.25, 0.3) is 0 Å². The van der Waals surface area contributed by atoms with Crippen molar-refractivity contribution in [1.82, 2.24) is 30.3 Å². The van der Waals surface area contributed by atoms with E-state index in [0.717, 1.165) is 58.7 Å². The number of imidazole rings is 1. The second kappa shape index (κ2) is 20.2. The highest BCUT2D eigenvalue weighted by Crippen LogP contribution is 2.33. The molecule has 7 rings (SSSR count). The number of rotatable bonds is 20. The topological polar surface area (TPSA) is 129 Å². The minimum atomic E-state index is -1.04. The van der Waals surface area contributed by atoms with Crippen molar-refractivity contribution in [2.24, 2.45) is 0 Å². The second-order valence-electron chi connectivity index (χ2n) is 14.3. The quantitative estimate of drug-likeness (QED) is 0.0793. The van der Waals surface area contributed by atoms with E-state index in [4.69, 9.17) is 18.9 Å². The van der Waals surface area contributed by atoms with E-state index in [1.807, 2.05) is 134 Å². The van der Waals surface area contributed by atoms with Crippen molar-refractivity contribution in [3.05, 3.63) is 173 Å². The molecule has 56 heavy (non-hydrogen) atoms. The number of hydrogen-bond acceptors (Lipinski definition) is 9. The van der Waals surface area contributed by atoms with Crippen molar-refractivity contribution < 1.29 is 24.1 Å². The Labute approximate surface area is 329 Å². The average Bonchev–Trinajstić information content (AvgIpc) is 3.90. The lowest BCUT2D eigenvalue weighted by Crippen LogP contribution is -2.69. The maximum absolute atomic E-state index is 12.4. The van der Waals surface area contributed by atoms with Crippen molar-refractivity contribution in [3.8, 4) is 0 Å². The Kier molecular flexibility index (Phi) is 14.2. The number of hydrogen-bond donors (Lipinski definition) is 3. The van der Waals surface area contributed by atoms with E-state index in [2.05, 4.69) is 32.5 Å². The molecule has 3 N–H and O–H groups in total. The number of aliphatic hydroxyl groups excluding tert-OH is 1. The molecule has 0 bridgehead atoms. The van der Waals surface area contributed by atoms with Gasteiger partial charge in [0.25, 0.3) is 0 Å². The van der Waals surface area contributed by atoms with Gasteiger partial charge in [-0.2, -0.15) is 0 Å². The highest BCUT2D eigenvalue weighted by molar-refractivity contribution is 5.18. The number of nitrogens with one attached hydrogen (secondary N) is 2. The Hall–Kier alpha value is -5.01. The lowest BCUT2D eigenvalue weighted by Gasteiger charge is -2.49. The molecule has 1 aliphatic rings. The zero-order chi connectivity index (χ0) is 38.4. The molecule has 11 heteroatoms. The van der Waals surface area contributed by atoms with Crippen LogP contribution in [0.15, 0.2) is 134 Å². The first-order chi connectivity index (χ1) is 27.6. The second-order valence-corrected chi connectivity index (χ2v) is 14.3. The Balaban J connectivity index is 1.17. The fourth-order valence-electron chi connectivity index (χ4n) is 7.10. The molecule has 11 nitrogen and oxygen atoms in total. The van der Waals surface area contributed by atoms with Crippen LogP contribution in [-0.4, -0.2) is 66.6 Å². The van der Waals surface area contributed by atoms with E-state index in [9.17, 15) is 5.11 Å². The molecule has 0 unspecified atom stereocenters. The summed E-state index contributed by atoms with van der Waals surface area (Å²) in [6.45, 7) is 4.23. The molecule has 4 aromatic carbocycles. The van der Waals surface area contributed by atoms with Crippen LogP contribution in [0.3, 0.4) is 0 Å². The fourth-order valence-corrected chi connectivity index (χ4v) is 7.10. The van der Waals surface area contributed by atoms with Gasteiger partial charge in [-0.25, -0.2) is 9.67 Å². The maximum atomic E-state index is 12.4. The first-order valence-corrected chi connectivity index (χ1v) is 19.6. The summed E-state index contributed by atoms with van der Waals surface area (Å²) in [4.78, 5) is 7.93. The largest absolute Gasteiger partial charge is 0.389 e. The standard InChI is InChI=1S/C45H52N6O5/c1-2-3-24-39-46-25-37(48-39)27-51-28-38(49-50-51)26-47-40-41(52)43(54-30-34-18-10-5-11-19-34)45(56-32-36-22-14-7-15-23-36)44(55-31-35-20-12-6-13-21-35)42(40)53-29-33-16-8-4-9-17-33/h4-23,25,28,40-45,47,52H,2-3,24,26-27,29-32H2,1H3,(H,46,48)/t40-,41-,42+,43+,44-,45-/m1/s1. The van der Waals surface area contributed by atoms with Crippen LogP contribution in [0.5, 0.6) is 0 Å². The monoisotopic (exact) mass is 756 g/mol. The third-order valence-electron chi connectivity index (χ3n) is 10.1. The summed E-state index contributed by atoms with van der Waals surface area (Å²) in [5.41, 5.74) is 5.70. The van der Waals surface area contributed by atoms with Gasteiger partial charge < -0.3 is 34.4 Å². The van der Waals surface area contributed by atoms with Crippen molar-refractivity contribution in [2.45, 2.75) is 102 Å². The van der Waals surface area contributed by atoms with Crippen LogP contribution in [0.4, 0.5) is 0 Å². The predicted molar refractivity (Wildman–Crippen MR) is 213 cm³/mol. The summed E-state index contributed by atoms with van der Waals surface area (Å²) in [5.74, 6) is 0.982. The van der Waals surface area contributed by atoms with Gasteiger partial charge >= 0.3 is 0 Å². The van der Waals surface area contributed by atoms with Gasteiger partial charge in [-0.05, 0) is 28.7 Å². The summed E-state index contributed by atoms with van der Waals surface area (Å²) in [7, 11) is 0. The van der Waals surface area contributed by atoms with Crippen LogP contribution in [-0.2, 0) is 64.9 Å². The number of unbranched alkanes of at least 4 members (excludes halogenated alkanes) is 1. The van der Waals surface area contributed by atoms with E-state index < -0.39 is 36.6 Å². The minimum absolute atomic E-state index is 0.281. The van der Waals surface area contributed by atoms with Gasteiger partial charge in [-0.3, -0.25) is 0 Å². The van der Waals surface area contributed by atoms with E-state index in [1.54, 1.807) is 4.68 Å². The number of aliphatic hydroxyl groups is 1. The first kappa shape index (κ1) is 39.2. The molecular formula is C45H52N6O5. The van der Waals surface area contributed by atoms with Gasteiger partial charge in [-0.1, -0.05) is 140 Å². The van der Waals surface area contributed by atoms with Crippen LogP contribution >= 0.6 is 0 Å². The molecular weight excluding hydrogens is 705 g/mol. The van der Waals surface area contributed by atoms with Gasteiger partial charge in [0.15, 0.2) is 0 Å². The molecule has 6 atom stereocenters. The van der Waals surface area contributed by atoms with Gasteiger partial charge in [0.2, 0.25) is 0 Å². The lowest BCUT2D eigenvalue weighted by atomic mass is 9.82. The highest BCUT2D eigenvalue weighted by Gasteiger charge is 2.53. The molecule has 2 aromatic heterocycles. The first-order valence-electron chi connectivity index (χ1n) is 19.6. The molecule has 1 fully saturated rings. The average molecular weight is 757 g/mol. The van der Waals surface area contributed by atoms with Crippen LogP contribution in [0.1, 0.15) is 59.2 Å². The van der Waals surface area contributed by atoms with Crippen LogP contribution in [0, 0.1) is 0 Å². The number of benzene rings is 4. The number of ether oxygens (including phenoxy) is 4. The lowest BCUT2D eigenvalue weighted by molar-refractivity contribution is -0.251. The summed E-state index contributed by atoms with van der Waals surface area (Å²) in [6.07, 6.45) is 3.11. The molecule has 0 radical (unpaired) electrons. The third-order valence-corrected chi connectivity index (χ3v) is 10.1. The number of nitrogens with zero attached hydrogens (tertiary/aromatic N) is 4. The van der Waals surface area contributed by atoms with Crippen molar-refractivity contribution in [1.29, 1.82) is 0 Å². The molecule has 292 valence electrons. The summed E-state index contributed by atoms with van der Waals surface area (Å²) in [5, 5.41) is 24.9. The number of aryl methyl sites for hydroxylation is 1. The Morgan fingerprint density at radius 2 is 1.14 bits per heavy atom. The van der Waals surface area contributed by atoms with E-state index >= 15 is 0 Å². The molecule has 0 saturated heterocycles. The molecule has 1 aliphatic carbocycles. The molecule has 0 aliphatic heterocycles. The minimum Gasteiger partial charge on any atom is -0.389 e. The van der Waals surface area contributed by atoms with Gasteiger partial charge in [-0.15, -0.1) is 5.10 Å². The molecule has 0 amide bonds. The molecule has 0 spiro atoms. The van der Waals surface area contributed by atoms with Crippen molar-refractivity contribution >= 4 is 0 Å². The van der Waals surface area contributed by atoms with Crippen molar-refractivity contribution in [3.63, 3.8) is 0 Å². The number of aromatic amines is 1. The number of H-pyrrole nitrogens is 1. The maximum Gasteiger partial charge on any atom is 0.115 e. The van der Waals surface area contributed by atoms with Crippen LogP contribution < -0.4 is 5.32 Å². The summed E-state index contributed by atoms with van der Waals surface area (Å²) in [6, 6.07) is 39.4. The van der Waals surface area contributed by atoms with Gasteiger partial charge in [0, 0.05) is 13.0 Å². The smallest absolute Gasteiger partial charge is 0.115 e. The Morgan fingerprint density at radius 3 is 1.66 bits per heavy atom. The SMILES string of the molecule is CCCCc1ncc(Cn2cc(CN[C@@H]3[C@@H](O)[C@H](OCc4ccccc4)[C@@H](OCc4ccccc4)[C@H](OCc4ccccc4)[C@H]3OCc3ccccc3)nn2)[nH]1.